The third-order valence-corrected chi connectivity index (χ3v) is 5.02. The summed E-state index contributed by atoms with van der Waals surface area (Å²) in [6, 6.07) is 6.55. The molecule has 7 nitrogen and oxygen atoms in total. The van der Waals surface area contributed by atoms with Crippen molar-refractivity contribution in [2.75, 3.05) is 11.9 Å². The smallest absolute Gasteiger partial charge is 0.160 e. The van der Waals surface area contributed by atoms with Crippen LogP contribution >= 0.6 is 0 Å². The van der Waals surface area contributed by atoms with Crippen LogP contribution < -0.4 is 5.32 Å². The van der Waals surface area contributed by atoms with Gasteiger partial charge in [0.1, 0.15) is 24.1 Å². The standard InChI is InChI=1S/C19H22FN5O2/c20-16-4-2-1-3-14(16)17(26)10-27-13-7-5-12(6-8-13)24-18-15-9-23-25-19(15)22-11-21-18/h1-4,9,11-13,17,26H,5-8,10H2,(H2,21,22,23,24,25)/t12?,13?,17-/m1/s1. The second-order valence-corrected chi connectivity index (χ2v) is 6.84. The zero-order valence-corrected chi connectivity index (χ0v) is 14.8. The molecule has 0 spiro atoms. The average Bonchev–Trinajstić information content (AvgIpc) is 3.17. The summed E-state index contributed by atoms with van der Waals surface area (Å²) in [6.07, 6.45) is 5.98. The number of aliphatic hydroxyl groups excluding tert-OH is 1. The molecule has 1 saturated carbocycles. The van der Waals surface area contributed by atoms with E-state index in [0.29, 0.717) is 11.7 Å². The third kappa shape index (κ3) is 4.06. The van der Waals surface area contributed by atoms with Crippen molar-refractivity contribution in [3.8, 4) is 0 Å². The fourth-order valence-electron chi connectivity index (χ4n) is 3.51. The molecule has 1 fully saturated rings. The summed E-state index contributed by atoms with van der Waals surface area (Å²) >= 11 is 0. The predicted molar refractivity (Wildman–Crippen MR) is 98.7 cm³/mol. The van der Waals surface area contributed by atoms with E-state index in [4.69, 9.17) is 4.74 Å². The van der Waals surface area contributed by atoms with Crippen LogP contribution in [-0.2, 0) is 4.74 Å². The lowest BCUT2D eigenvalue weighted by atomic mass is 9.93. The Bertz CT molecular complexity index is 894. The Morgan fingerprint density at radius 3 is 2.85 bits per heavy atom. The van der Waals surface area contributed by atoms with Crippen molar-refractivity contribution in [1.29, 1.82) is 0 Å². The fraction of sp³-hybridized carbons (Fsp3) is 0.421. The van der Waals surface area contributed by atoms with Crippen LogP contribution in [0.2, 0.25) is 0 Å². The molecule has 2 heterocycles. The number of benzene rings is 1. The molecule has 0 saturated heterocycles. The Morgan fingerprint density at radius 1 is 1.22 bits per heavy atom. The first-order chi connectivity index (χ1) is 13.2. The summed E-state index contributed by atoms with van der Waals surface area (Å²) in [5.74, 6) is 0.380. The number of H-pyrrole nitrogens is 1. The van der Waals surface area contributed by atoms with Crippen molar-refractivity contribution in [3.63, 3.8) is 0 Å². The van der Waals surface area contributed by atoms with Gasteiger partial charge in [0.15, 0.2) is 5.65 Å². The van der Waals surface area contributed by atoms with E-state index < -0.39 is 11.9 Å². The second kappa shape index (κ2) is 7.98. The van der Waals surface area contributed by atoms with Crippen LogP contribution in [-0.4, -0.2) is 44.0 Å². The molecule has 0 bridgehead atoms. The average molecular weight is 371 g/mol. The van der Waals surface area contributed by atoms with E-state index in [9.17, 15) is 9.50 Å². The molecular weight excluding hydrogens is 349 g/mol. The Morgan fingerprint density at radius 2 is 2.04 bits per heavy atom. The topological polar surface area (TPSA) is 96.0 Å². The molecule has 8 heteroatoms. The van der Waals surface area contributed by atoms with Crippen LogP contribution in [0, 0.1) is 5.82 Å². The van der Waals surface area contributed by atoms with Gasteiger partial charge in [-0.15, -0.1) is 0 Å². The second-order valence-electron chi connectivity index (χ2n) is 6.84. The molecule has 2 aromatic heterocycles. The maximum absolute atomic E-state index is 13.7. The first-order valence-corrected chi connectivity index (χ1v) is 9.15. The third-order valence-electron chi connectivity index (χ3n) is 5.02. The molecule has 1 aromatic carbocycles. The number of fused-ring (bicyclic) bond motifs is 1. The van der Waals surface area contributed by atoms with Gasteiger partial charge >= 0.3 is 0 Å². The van der Waals surface area contributed by atoms with Gasteiger partial charge in [-0.25, -0.2) is 14.4 Å². The minimum atomic E-state index is -0.947. The number of ether oxygens (including phenoxy) is 1. The van der Waals surface area contributed by atoms with Gasteiger partial charge < -0.3 is 15.2 Å². The van der Waals surface area contributed by atoms with Crippen LogP contribution in [0.1, 0.15) is 37.4 Å². The molecule has 4 rings (SSSR count). The Kier molecular flexibility index (Phi) is 5.26. The minimum Gasteiger partial charge on any atom is -0.386 e. The zero-order valence-electron chi connectivity index (χ0n) is 14.8. The van der Waals surface area contributed by atoms with Gasteiger partial charge in [0.25, 0.3) is 0 Å². The highest BCUT2D eigenvalue weighted by Crippen LogP contribution is 2.27. The van der Waals surface area contributed by atoms with Crippen molar-refractivity contribution < 1.29 is 14.2 Å². The molecule has 0 unspecified atom stereocenters. The summed E-state index contributed by atoms with van der Waals surface area (Å²) in [4.78, 5) is 8.45. The summed E-state index contributed by atoms with van der Waals surface area (Å²) in [5, 5.41) is 21.3. The zero-order chi connectivity index (χ0) is 18.6. The number of aromatic amines is 1. The van der Waals surface area contributed by atoms with Crippen LogP contribution in [0.3, 0.4) is 0 Å². The Hall–Kier alpha value is -2.58. The van der Waals surface area contributed by atoms with E-state index in [-0.39, 0.29) is 18.3 Å². The number of halogens is 1. The number of nitrogens with zero attached hydrogens (tertiary/aromatic N) is 3. The fourth-order valence-corrected chi connectivity index (χ4v) is 3.51. The molecule has 1 aliphatic rings. The number of rotatable bonds is 6. The van der Waals surface area contributed by atoms with Crippen LogP contribution in [0.15, 0.2) is 36.8 Å². The maximum atomic E-state index is 13.7. The SMILES string of the molecule is O[C@H](COC1CCC(Nc2ncnc3[nH]ncc23)CC1)c1ccccc1F. The largest absolute Gasteiger partial charge is 0.386 e. The van der Waals surface area contributed by atoms with Crippen LogP contribution in [0.5, 0.6) is 0 Å². The maximum Gasteiger partial charge on any atom is 0.160 e. The van der Waals surface area contributed by atoms with Gasteiger partial charge in [0.2, 0.25) is 0 Å². The molecule has 0 radical (unpaired) electrons. The molecule has 0 amide bonds. The van der Waals surface area contributed by atoms with E-state index >= 15 is 0 Å². The number of hydrogen-bond donors (Lipinski definition) is 3. The van der Waals surface area contributed by atoms with E-state index in [1.54, 1.807) is 24.4 Å². The van der Waals surface area contributed by atoms with Gasteiger partial charge in [-0.05, 0) is 31.7 Å². The number of hydrogen-bond acceptors (Lipinski definition) is 6. The van der Waals surface area contributed by atoms with E-state index in [1.807, 2.05) is 0 Å². The van der Waals surface area contributed by atoms with Crippen molar-refractivity contribution in [2.45, 2.75) is 43.9 Å². The summed E-state index contributed by atoms with van der Waals surface area (Å²) < 4.78 is 19.5. The lowest BCUT2D eigenvalue weighted by molar-refractivity contribution is -0.0266. The van der Waals surface area contributed by atoms with Gasteiger partial charge in [0, 0.05) is 11.6 Å². The molecule has 3 N–H and O–H groups in total. The van der Waals surface area contributed by atoms with Crippen molar-refractivity contribution >= 4 is 16.9 Å². The number of anilines is 1. The Labute approximate surface area is 156 Å². The molecule has 1 atom stereocenters. The molecule has 1 aliphatic carbocycles. The lowest BCUT2D eigenvalue weighted by Gasteiger charge is -2.30. The monoisotopic (exact) mass is 371 g/mol. The first kappa shape index (κ1) is 17.8. The summed E-state index contributed by atoms with van der Waals surface area (Å²) in [7, 11) is 0. The highest BCUT2D eigenvalue weighted by Gasteiger charge is 2.24. The van der Waals surface area contributed by atoms with E-state index in [0.717, 1.165) is 36.9 Å². The van der Waals surface area contributed by atoms with Crippen molar-refractivity contribution in [2.24, 2.45) is 0 Å². The van der Waals surface area contributed by atoms with E-state index in [1.165, 1.54) is 12.4 Å². The number of nitrogens with one attached hydrogen (secondary N) is 2. The number of aliphatic hydroxyl groups is 1. The minimum absolute atomic E-state index is 0.0730. The highest BCUT2D eigenvalue weighted by molar-refractivity contribution is 5.85. The normalized spacial score (nSPS) is 21.3. The summed E-state index contributed by atoms with van der Waals surface area (Å²) in [6.45, 7) is 0.102. The Balaban J connectivity index is 1.27. The van der Waals surface area contributed by atoms with Crippen LogP contribution in [0.4, 0.5) is 10.2 Å². The first-order valence-electron chi connectivity index (χ1n) is 9.15. The lowest BCUT2D eigenvalue weighted by Crippen LogP contribution is -2.31. The van der Waals surface area contributed by atoms with Gasteiger partial charge in [0.05, 0.1) is 24.3 Å². The molecule has 3 aromatic rings. The number of aromatic nitrogens is 4. The molecule has 27 heavy (non-hydrogen) atoms. The quantitative estimate of drug-likeness (QED) is 0.617. The van der Waals surface area contributed by atoms with Gasteiger partial charge in [-0.3, -0.25) is 5.10 Å². The van der Waals surface area contributed by atoms with Gasteiger partial charge in [-0.2, -0.15) is 5.10 Å². The molecular formula is C19H22FN5O2. The molecule has 142 valence electrons. The van der Waals surface area contributed by atoms with E-state index in [2.05, 4.69) is 25.5 Å². The molecule has 0 aliphatic heterocycles. The predicted octanol–water partition coefficient (Wildman–Crippen LogP) is 2.97. The summed E-state index contributed by atoms with van der Waals surface area (Å²) in [5.41, 5.74) is 0.993. The van der Waals surface area contributed by atoms with Crippen molar-refractivity contribution in [1.82, 2.24) is 20.2 Å². The van der Waals surface area contributed by atoms with Crippen LogP contribution in [0.25, 0.3) is 11.0 Å². The van der Waals surface area contributed by atoms with Crippen molar-refractivity contribution in [3.05, 3.63) is 48.2 Å². The van der Waals surface area contributed by atoms with Gasteiger partial charge in [-0.1, -0.05) is 18.2 Å². The highest BCUT2D eigenvalue weighted by atomic mass is 19.1.